The molecule has 5 nitrogen and oxygen atoms in total. The molecule has 0 saturated heterocycles. The van der Waals surface area contributed by atoms with Gasteiger partial charge in [0.05, 0.1) is 0 Å². The van der Waals surface area contributed by atoms with Gasteiger partial charge in [0, 0.05) is 24.3 Å². The molecule has 2 rings (SSSR count). The number of carboxylic acid groups (broad SMARTS) is 1. The number of nitrogens with one attached hydrogen (secondary N) is 1. The highest BCUT2D eigenvalue weighted by Gasteiger charge is 2.07. The van der Waals surface area contributed by atoms with Gasteiger partial charge in [0.15, 0.2) is 10.8 Å². The predicted molar refractivity (Wildman–Crippen MR) is 60.6 cm³/mol. The minimum atomic E-state index is -1.01. The molecular weight excluding hydrogens is 226 g/mol. The summed E-state index contributed by atoms with van der Waals surface area (Å²) in [5.41, 5.74) is 1.09. The molecule has 0 unspecified atom stereocenters. The van der Waals surface area contributed by atoms with Crippen LogP contribution in [0, 0.1) is 0 Å². The SMILES string of the molecule is O=C(O)c1csc(NCc2cccnc2)n1. The van der Waals surface area contributed by atoms with Gasteiger partial charge in [-0.25, -0.2) is 9.78 Å². The fourth-order valence-electron chi connectivity index (χ4n) is 1.13. The zero-order chi connectivity index (χ0) is 11.4. The third-order valence-electron chi connectivity index (χ3n) is 1.89. The highest BCUT2D eigenvalue weighted by molar-refractivity contribution is 7.13. The lowest BCUT2D eigenvalue weighted by Crippen LogP contribution is -2.01. The summed E-state index contributed by atoms with van der Waals surface area (Å²) >= 11 is 1.27. The van der Waals surface area contributed by atoms with Crippen LogP contribution in [0.25, 0.3) is 0 Å². The van der Waals surface area contributed by atoms with E-state index in [0.29, 0.717) is 11.7 Å². The van der Waals surface area contributed by atoms with Gasteiger partial charge in [0.1, 0.15) is 0 Å². The molecule has 0 bridgehead atoms. The van der Waals surface area contributed by atoms with Crippen LogP contribution in [-0.4, -0.2) is 21.0 Å². The highest BCUT2D eigenvalue weighted by Crippen LogP contribution is 2.16. The van der Waals surface area contributed by atoms with Crippen LogP contribution in [0.5, 0.6) is 0 Å². The molecule has 0 atom stereocenters. The lowest BCUT2D eigenvalue weighted by atomic mass is 10.3. The van der Waals surface area contributed by atoms with Crippen LogP contribution in [0.2, 0.25) is 0 Å². The van der Waals surface area contributed by atoms with Gasteiger partial charge < -0.3 is 10.4 Å². The van der Waals surface area contributed by atoms with Gasteiger partial charge in [-0.1, -0.05) is 6.07 Å². The molecule has 2 aromatic rings. The number of aromatic nitrogens is 2. The molecule has 0 fully saturated rings. The normalized spacial score (nSPS) is 10.0. The Morgan fingerprint density at radius 2 is 2.44 bits per heavy atom. The number of aromatic carboxylic acids is 1. The van der Waals surface area contributed by atoms with E-state index >= 15 is 0 Å². The Balaban J connectivity index is 1.97. The number of carbonyl (C=O) groups is 1. The summed E-state index contributed by atoms with van der Waals surface area (Å²) in [6, 6.07) is 3.78. The number of pyridine rings is 1. The summed E-state index contributed by atoms with van der Waals surface area (Å²) in [6.45, 7) is 0.584. The first-order chi connectivity index (χ1) is 7.75. The second kappa shape index (κ2) is 4.71. The molecule has 82 valence electrons. The average Bonchev–Trinajstić information content (AvgIpc) is 2.76. The highest BCUT2D eigenvalue weighted by atomic mass is 32.1. The number of thiazole rings is 1. The Hall–Kier alpha value is -1.95. The van der Waals surface area contributed by atoms with Crippen molar-refractivity contribution in [2.75, 3.05) is 5.32 Å². The number of anilines is 1. The summed E-state index contributed by atoms with van der Waals surface area (Å²) in [6.07, 6.45) is 3.45. The Kier molecular flexibility index (Phi) is 3.11. The van der Waals surface area contributed by atoms with Crippen LogP contribution in [0.4, 0.5) is 5.13 Å². The summed E-state index contributed by atoms with van der Waals surface area (Å²) in [7, 11) is 0. The Labute approximate surface area is 95.8 Å². The Morgan fingerprint density at radius 3 is 3.06 bits per heavy atom. The van der Waals surface area contributed by atoms with Crippen LogP contribution < -0.4 is 5.32 Å². The quantitative estimate of drug-likeness (QED) is 0.845. The minimum Gasteiger partial charge on any atom is -0.476 e. The van der Waals surface area contributed by atoms with Crippen LogP contribution in [0.3, 0.4) is 0 Å². The zero-order valence-electron chi connectivity index (χ0n) is 8.25. The molecule has 0 aromatic carbocycles. The topological polar surface area (TPSA) is 75.1 Å². The summed E-state index contributed by atoms with van der Waals surface area (Å²) in [5, 5.41) is 13.8. The fraction of sp³-hybridized carbons (Fsp3) is 0.100. The molecule has 2 N–H and O–H groups in total. The van der Waals surface area contributed by atoms with Gasteiger partial charge in [-0.15, -0.1) is 11.3 Å². The van der Waals surface area contributed by atoms with Gasteiger partial charge in [-0.3, -0.25) is 4.98 Å². The van der Waals surface area contributed by atoms with Crippen molar-refractivity contribution in [3.63, 3.8) is 0 Å². The third-order valence-corrected chi connectivity index (χ3v) is 2.69. The predicted octanol–water partition coefficient (Wildman–Crippen LogP) is 1.85. The smallest absolute Gasteiger partial charge is 0.355 e. The molecule has 0 saturated carbocycles. The van der Waals surface area contributed by atoms with Crippen molar-refractivity contribution in [2.45, 2.75) is 6.54 Å². The monoisotopic (exact) mass is 235 g/mol. The number of carboxylic acids is 1. The van der Waals surface area contributed by atoms with Gasteiger partial charge in [0.2, 0.25) is 0 Å². The van der Waals surface area contributed by atoms with Gasteiger partial charge in [-0.2, -0.15) is 0 Å². The largest absolute Gasteiger partial charge is 0.476 e. The third kappa shape index (κ3) is 2.54. The van der Waals surface area contributed by atoms with E-state index in [1.54, 1.807) is 12.4 Å². The maximum absolute atomic E-state index is 10.6. The molecule has 0 aliphatic carbocycles. The van der Waals surface area contributed by atoms with E-state index in [0.717, 1.165) is 5.56 Å². The standard InChI is InChI=1S/C10H9N3O2S/c14-9(15)8-6-16-10(13-8)12-5-7-2-1-3-11-4-7/h1-4,6H,5H2,(H,12,13)(H,14,15). The first kappa shape index (κ1) is 10.6. The maximum Gasteiger partial charge on any atom is 0.355 e. The number of nitrogens with zero attached hydrogens (tertiary/aromatic N) is 2. The molecule has 16 heavy (non-hydrogen) atoms. The summed E-state index contributed by atoms with van der Waals surface area (Å²) in [4.78, 5) is 18.5. The van der Waals surface area contributed by atoms with Crippen molar-refractivity contribution >= 4 is 22.4 Å². The number of hydrogen-bond acceptors (Lipinski definition) is 5. The second-order valence-electron chi connectivity index (χ2n) is 3.06. The van der Waals surface area contributed by atoms with E-state index < -0.39 is 5.97 Å². The van der Waals surface area contributed by atoms with E-state index in [-0.39, 0.29) is 5.69 Å². The molecule has 0 spiro atoms. The van der Waals surface area contributed by atoms with Crippen molar-refractivity contribution < 1.29 is 9.90 Å². The van der Waals surface area contributed by atoms with Crippen LogP contribution >= 0.6 is 11.3 Å². The number of hydrogen-bond donors (Lipinski definition) is 2. The molecule has 6 heteroatoms. The fourth-order valence-corrected chi connectivity index (χ4v) is 1.82. The first-order valence-corrected chi connectivity index (χ1v) is 5.45. The molecule has 0 amide bonds. The lowest BCUT2D eigenvalue weighted by molar-refractivity contribution is 0.0691. The van der Waals surface area contributed by atoms with Crippen LogP contribution in [0.15, 0.2) is 29.9 Å². The summed E-state index contributed by atoms with van der Waals surface area (Å²) < 4.78 is 0. The number of rotatable bonds is 4. The molecule has 2 heterocycles. The first-order valence-electron chi connectivity index (χ1n) is 4.57. The van der Waals surface area contributed by atoms with E-state index in [1.165, 1.54) is 16.7 Å². The van der Waals surface area contributed by atoms with Crippen molar-refractivity contribution in [2.24, 2.45) is 0 Å². The molecular formula is C10H9N3O2S. The van der Waals surface area contributed by atoms with Crippen LogP contribution in [-0.2, 0) is 6.54 Å². The molecule has 2 aromatic heterocycles. The second-order valence-corrected chi connectivity index (χ2v) is 3.92. The van der Waals surface area contributed by atoms with E-state index in [9.17, 15) is 4.79 Å². The van der Waals surface area contributed by atoms with E-state index in [4.69, 9.17) is 5.11 Å². The van der Waals surface area contributed by atoms with Crippen molar-refractivity contribution in [3.05, 3.63) is 41.2 Å². The van der Waals surface area contributed by atoms with Crippen LogP contribution in [0.1, 0.15) is 16.1 Å². The van der Waals surface area contributed by atoms with Gasteiger partial charge in [0.25, 0.3) is 0 Å². The lowest BCUT2D eigenvalue weighted by Gasteiger charge is -2.00. The van der Waals surface area contributed by atoms with Gasteiger partial charge in [-0.05, 0) is 11.6 Å². The maximum atomic E-state index is 10.6. The molecule has 0 aliphatic rings. The molecule has 0 aliphatic heterocycles. The van der Waals surface area contributed by atoms with E-state index in [1.807, 2.05) is 12.1 Å². The van der Waals surface area contributed by atoms with Crippen molar-refractivity contribution in [3.8, 4) is 0 Å². The average molecular weight is 235 g/mol. The Bertz CT molecular complexity index is 484. The van der Waals surface area contributed by atoms with Gasteiger partial charge >= 0.3 is 5.97 Å². The molecule has 0 radical (unpaired) electrons. The summed E-state index contributed by atoms with van der Waals surface area (Å²) in [5.74, 6) is -1.01. The Morgan fingerprint density at radius 1 is 1.56 bits per heavy atom. The van der Waals surface area contributed by atoms with E-state index in [2.05, 4.69) is 15.3 Å². The van der Waals surface area contributed by atoms with Crippen molar-refractivity contribution in [1.82, 2.24) is 9.97 Å². The minimum absolute atomic E-state index is 0.0682. The zero-order valence-corrected chi connectivity index (χ0v) is 9.07. The van der Waals surface area contributed by atoms with Crippen molar-refractivity contribution in [1.29, 1.82) is 0 Å².